The van der Waals surface area contributed by atoms with E-state index in [9.17, 15) is 5.11 Å². The molecular weight excluding hydrogens is 325 g/mol. The Hall–Kier alpha value is -1.36. The molecule has 0 radical (unpaired) electrons. The van der Waals surface area contributed by atoms with Gasteiger partial charge in [-0.15, -0.1) is 0 Å². The Balaban J connectivity index is 2.26. The number of benzene rings is 2. The Morgan fingerprint density at radius 3 is 2.53 bits per heavy atom. The Labute approximate surface area is 114 Å². The van der Waals surface area contributed by atoms with Crippen LogP contribution in [0.15, 0.2) is 47.5 Å². The summed E-state index contributed by atoms with van der Waals surface area (Å²) in [7, 11) is 0. The molecule has 2 aromatic carbocycles. The second-order valence-corrected chi connectivity index (χ2v) is 4.99. The first kappa shape index (κ1) is 12.1. The normalized spacial score (nSPS) is 10.9. The molecule has 1 N–H and O–H groups in total. The molecule has 0 atom stereocenters. The smallest absolute Gasteiger partial charge is 0.127 e. The highest BCUT2D eigenvalue weighted by Crippen LogP contribution is 2.21. The first-order valence-electron chi connectivity index (χ1n) is 5.25. The molecule has 0 aromatic heterocycles. The third-order valence-corrected chi connectivity index (χ3v) is 3.17. The number of rotatable bonds is 2. The van der Waals surface area contributed by atoms with Crippen molar-refractivity contribution in [3.05, 3.63) is 57.2 Å². The fourth-order valence-corrected chi connectivity index (χ4v) is 1.82. The standard InChI is InChI=1S/C14H12INO/c1-10-3-2-4-11(14(10)17)9-16-13-7-5-12(15)6-8-13/h2-9,17H,1H3. The van der Waals surface area contributed by atoms with Gasteiger partial charge in [-0.25, -0.2) is 0 Å². The summed E-state index contributed by atoms with van der Waals surface area (Å²) in [4.78, 5) is 4.33. The molecule has 0 aliphatic carbocycles. The van der Waals surface area contributed by atoms with E-state index >= 15 is 0 Å². The number of nitrogens with zero attached hydrogens (tertiary/aromatic N) is 1. The van der Waals surface area contributed by atoms with Crippen molar-refractivity contribution in [3.63, 3.8) is 0 Å². The lowest BCUT2D eigenvalue weighted by Crippen LogP contribution is -1.84. The maximum atomic E-state index is 9.83. The van der Waals surface area contributed by atoms with Gasteiger partial charge in [0.2, 0.25) is 0 Å². The first-order valence-corrected chi connectivity index (χ1v) is 6.33. The van der Waals surface area contributed by atoms with Crippen molar-refractivity contribution in [1.82, 2.24) is 0 Å². The molecule has 2 rings (SSSR count). The number of phenols is 1. The Bertz CT molecular complexity index is 547. The number of halogens is 1. The molecule has 3 heteroatoms. The number of hydrogen-bond acceptors (Lipinski definition) is 2. The number of para-hydroxylation sites is 1. The van der Waals surface area contributed by atoms with Gasteiger partial charge >= 0.3 is 0 Å². The molecule has 0 saturated carbocycles. The summed E-state index contributed by atoms with van der Waals surface area (Å²) in [6, 6.07) is 13.5. The minimum Gasteiger partial charge on any atom is -0.507 e. The van der Waals surface area contributed by atoms with Crippen LogP contribution in [0.25, 0.3) is 0 Å². The fourth-order valence-electron chi connectivity index (χ4n) is 1.46. The van der Waals surface area contributed by atoms with Gasteiger partial charge in [0, 0.05) is 15.3 Å². The van der Waals surface area contributed by atoms with Crippen molar-refractivity contribution in [2.24, 2.45) is 4.99 Å². The van der Waals surface area contributed by atoms with Gasteiger partial charge in [-0.05, 0) is 65.4 Å². The zero-order valence-corrected chi connectivity index (χ0v) is 11.5. The van der Waals surface area contributed by atoms with Crippen LogP contribution in [-0.2, 0) is 0 Å². The molecule has 17 heavy (non-hydrogen) atoms. The van der Waals surface area contributed by atoms with Crippen molar-refractivity contribution >= 4 is 34.5 Å². The molecule has 0 amide bonds. The van der Waals surface area contributed by atoms with Crippen molar-refractivity contribution in [2.75, 3.05) is 0 Å². The van der Waals surface area contributed by atoms with E-state index < -0.39 is 0 Å². The van der Waals surface area contributed by atoms with Gasteiger partial charge < -0.3 is 5.11 Å². The van der Waals surface area contributed by atoms with Crippen LogP contribution >= 0.6 is 22.6 Å². The molecule has 0 heterocycles. The maximum absolute atomic E-state index is 9.83. The summed E-state index contributed by atoms with van der Waals surface area (Å²) in [5.74, 6) is 0.293. The number of aliphatic imine (C=N–C) groups is 1. The van der Waals surface area contributed by atoms with E-state index in [4.69, 9.17) is 0 Å². The fraction of sp³-hybridized carbons (Fsp3) is 0.0714. The third-order valence-electron chi connectivity index (χ3n) is 2.45. The number of phenolic OH excluding ortho intramolecular Hbond substituents is 1. The summed E-state index contributed by atoms with van der Waals surface area (Å²) in [5, 5.41) is 9.83. The van der Waals surface area contributed by atoms with Crippen LogP contribution in [0, 0.1) is 10.5 Å². The quantitative estimate of drug-likeness (QED) is 0.651. The minimum atomic E-state index is 0.293. The minimum absolute atomic E-state index is 0.293. The summed E-state index contributed by atoms with van der Waals surface area (Å²) in [6.45, 7) is 1.87. The number of aryl methyl sites for hydroxylation is 1. The lowest BCUT2D eigenvalue weighted by atomic mass is 10.1. The molecule has 2 aromatic rings. The monoisotopic (exact) mass is 337 g/mol. The zero-order valence-electron chi connectivity index (χ0n) is 9.39. The predicted molar refractivity (Wildman–Crippen MR) is 79.3 cm³/mol. The van der Waals surface area contributed by atoms with Gasteiger partial charge in [0.15, 0.2) is 0 Å². The van der Waals surface area contributed by atoms with Crippen molar-refractivity contribution in [1.29, 1.82) is 0 Å². The van der Waals surface area contributed by atoms with E-state index in [0.717, 1.165) is 16.8 Å². The van der Waals surface area contributed by atoms with Gasteiger partial charge in [-0.1, -0.05) is 12.1 Å². The van der Waals surface area contributed by atoms with Crippen LogP contribution in [0.5, 0.6) is 5.75 Å². The Morgan fingerprint density at radius 2 is 1.82 bits per heavy atom. The van der Waals surface area contributed by atoms with Gasteiger partial charge in [0.25, 0.3) is 0 Å². The predicted octanol–water partition coefficient (Wildman–Crippen LogP) is 4.06. The van der Waals surface area contributed by atoms with Crippen LogP contribution in [-0.4, -0.2) is 11.3 Å². The number of hydrogen-bond donors (Lipinski definition) is 1. The molecule has 0 unspecified atom stereocenters. The average molecular weight is 337 g/mol. The molecule has 2 nitrogen and oxygen atoms in total. The van der Waals surface area contributed by atoms with E-state index in [2.05, 4.69) is 27.6 Å². The molecule has 0 fully saturated rings. The highest BCUT2D eigenvalue weighted by molar-refractivity contribution is 14.1. The van der Waals surface area contributed by atoms with E-state index in [1.165, 1.54) is 3.57 Å². The molecule has 86 valence electrons. The Kier molecular flexibility index (Phi) is 3.78. The second kappa shape index (κ2) is 5.31. The van der Waals surface area contributed by atoms with Gasteiger partial charge in [-0.2, -0.15) is 0 Å². The van der Waals surface area contributed by atoms with Crippen LogP contribution in [0.1, 0.15) is 11.1 Å². The summed E-state index contributed by atoms with van der Waals surface area (Å²) >= 11 is 2.25. The van der Waals surface area contributed by atoms with Crippen LogP contribution in [0.3, 0.4) is 0 Å². The number of aromatic hydroxyl groups is 1. The van der Waals surface area contributed by atoms with Gasteiger partial charge in [0.1, 0.15) is 5.75 Å². The molecule has 0 bridgehead atoms. The Morgan fingerprint density at radius 1 is 1.12 bits per heavy atom. The third kappa shape index (κ3) is 3.06. The SMILES string of the molecule is Cc1cccc(C=Nc2ccc(I)cc2)c1O. The van der Waals surface area contributed by atoms with E-state index in [-0.39, 0.29) is 0 Å². The largest absolute Gasteiger partial charge is 0.507 e. The molecule has 0 spiro atoms. The first-order chi connectivity index (χ1) is 8.16. The zero-order chi connectivity index (χ0) is 12.3. The molecular formula is C14H12INO. The van der Waals surface area contributed by atoms with E-state index in [1.54, 1.807) is 6.21 Å². The molecule has 0 aliphatic rings. The lowest BCUT2D eigenvalue weighted by molar-refractivity contribution is 0.470. The maximum Gasteiger partial charge on any atom is 0.127 e. The van der Waals surface area contributed by atoms with Crippen molar-refractivity contribution < 1.29 is 5.11 Å². The van der Waals surface area contributed by atoms with E-state index in [1.807, 2.05) is 49.4 Å². The molecule has 0 saturated heterocycles. The van der Waals surface area contributed by atoms with Crippen LogP contribution < -0.4 is 0 Å². The van der Waals surface area contributed by atoms with Crippen LogP contribution in [0.2, 0.25) is 0 Å². The van der Waals surface area contributed by atoms with Crippen molar-refractivity contribution in [3.8, 4) is 5.75 Å². The molecule has 0 aliphatic heterocycles. The topological polar surface area (TPSA) is 32.6 Å². The van der Waals surface area contributed by atoms with Crippen molar-refractivity contribution in [2.45, 2.75) is 6.92 Å². The summed E-state index contributed by atoms with van der Waals surface area (Å²) in [5.41, 5.74) is 2.48. The summed E-state index contributed by atoms with van der Waals surface area (Å²) < 4.78 is 1.18. The average Bonchev–Trinajstić information content (AvgIpc) is 2.33. The van der Waals surface area contributed by atoms with E-state index in [0.29, 0.717) is 5.75 Å². The lowest BCUT2D eigenvalue weighted by Gasteiger charge is -2.01. The summed E-state index contributed by atoms with van der Waals surface area (Å²) in [6.07, 6.45) is 1.69. The highest BCUT2D eigenvalue weighted by Gasteiger charge is 2.00. The highest BCUT2D eigenvalue weighted by atomic mass is 127. The second-order valence-electron chi connectivity index (χ2n) is 3.75. The van der Waals surface area contributed by atoms with Crippen LogP contribution in [0.4, 0.5) is 5.69 Å². The van der Waals surface area contributed by atoms with Gasteiger partial charge in [-0.3, -0.25) is 4.99 Å². The van der Waals surface area contributed by atoms with Gasteiger partial charge in [0.05, 0.1) is 5.69 Å².